The number of nitrogens with zero attached hydrogens (tertiary/aromatic N) is 1. The monoisotopic (exact) mass is 321 g/mol. The van der Waals surface area contributed by atoms with Gasteiger partial charge >= 0.3 is 0 Å². The summed E-state index contributed by atoms with van der Waals surface area (Å²) in [5.74, 6) is 1.01. The lowest BCUT2D eigenvalue weighted by molar-refractivity contribution is 0.101. The predicted molar refractivity (Wildman–Crippen MR) is 81.9 cm³/mol. The standard InChI is InChI=1S/C16H20BrNO/c1-11(19)14-8-7-13(10-15(14)17)18-9-3-5-12-4-2-6-16(12)18/h7-8,10,12,16H,2-6,9H2,1H3. The summed E-state index contributed by atoms with van der Waals surface area (Å²) in [6.07, 6.45) is 6.80. The molecule has 3 heteroatoms. The SMILES string of the molecule is CC(=O)c1ccc(N2CCCC3CCCC32)cc1Br. The lowest BCUT2D eigenvalue weighted by Gasteiger charge is -2.39. The van der Waals surface area contributed by atoms with Crippen LogP contribution in [0.4, 0.5) is 5.69 Å². The van der Waals surface area contributed by atoms with E-state index in [1.165, 1.54) is 37.8 Å². The van der Waals surface area contributed by atoms with Gasteiger partial charge in [-0.15, -0.1) is 0 Å². The van der Waals surface area contributed by atoms with Crippen LogP contribution < -0.4 is 4.90 Å². The average molecular weight is 322 g/mol. The van der Waals surface area contributed by atoms with Gasteiger partial charge in [-0.1, -0.05) is 6.42 Å². The van der Waals surface area contributed by atoms with Gasteiger partial charge in [-0.2, -0.15) is 0 Å². The highest BCUT2D eigenvalue weighted by molar-refractivity contribution is 9.10. The van der Waals surface area contributed by atoms with Gasteiger partial charge in [0.2, 0.25) is 0 Å². The van der Waals surface area contributed by atoms with Gasteiger partial charge in [0.15, 0.2) is 5.78 Å². The first-order valence-electron chi connectivity index (χ1n) is 7.24. The fraction of sp³-hybridized carbons (Fsp3) is 0.562. The molecule has 1 heterocycles. The maximum absolute atomic E-state index is 11.5. The van der Waals surface area contributed by atoms with E-state index in [9.17, 15) is 4.79 Å². The van der Waals surface area contributed by atoms with Gasteiger partial charge in [-0.05, 0) is 72.7 Å². The van der Waals surface area contributed by atoms with Gasteiger partial charge in [0.05, 0.1) is 0 Å². The second kappa shape index (κ2) is 5.28. The van der Waals surface area contributed by atoms with Gasteiger partial charge in [-0.25, -0.2) is 0 Å². The molecule has 2 aliphatic rings. The number of carbonyl (C=O) groups is 1. The Balaban J connectivity index is 1.89. The van der Waals surface area contributed by atoms with Crippen LogP contribution in [-0.4, -0.2) is 18.4 Å². The summed E-state index contributed by atoms with van der Waals surface area (Å²) in [4.78, 5) is 14.1. The number of ketones is 1. The smallest absolute Gasteiger partial charge is 0.160 e. The van der Waals surface area contributed by atoms with Gasteiger partial charge in [0.1, 0.15) is 0 Å². The molecule has 0 amide bonds. The second-order valence-corrected chi connectivity index (χ2v) is 6.67. The first-order chi connectivity index (χ1) is 9.16. The molecule has 2 atom stereocenters. The summed E-state index contributed by atoms with van der Waals surface area (Å²) in [5, 5.41) is 0. The Morgan fingerprint density at radius 1 is 1.26 bits per heavy atom. The highest BCUT2D eigenvalue weighted by atomic mass is 79.9. The largest absolute Gasteiger partial charge is 0.368 e. The molecule has 0 bridgehead atoms. The van der Waals surface area contributed by atoms with E-state index in [0.717, 1.165) is 28.5 Å². The van der Waals surface area contributed by atoms with Crippen LogP contribution in [-0.2, 0) is 0 Å². The average Bonchev–Trinajstić information content (AvgIpc) is 2.86. The number of rotatable bonds is 2. The first kappa shape index (κ1) is 13.2. The molecule has 1 aromatic carbocycles. The number of hydrogen-bond acceptors (Lipinski definition) is 2. The number of piperidine rings is 1. The molecule has 2 nitrogen and oxygen atoms in total. The molecule has 3 rings (SSSR count). The van der Waals surface area contributed by atoms with E-state index in [0.29, 0.717) is 0 Å². The van der Waals surface area contributed by atoms with Crippen LogP contribution in [0.3, 0.4) is 0 Å². The van der Waals surface area contributed by atoms with Crippen molar-refractivity contribution in [1.29, 1.82) is 0 Å². The lowest BCUT2D eigenvalue weighted by Crippen LogP contribution is -2.42. The molecule has 0 N–H and O–H groups in total. The number of benzene rings is 1. The van der Waals surface area contributed by atoms with E-state index < -0.39 is 0 Å². The van der Waals surface area contributed by atoms with E-state index >= 15 is 0 Å². The molecule has 2 unspecified atom stereocenters. The van der Waals surface area contributed by atoms with Crippen LogP contribution in [0.2, 0.25) is 0 Å². The molecule has 1 saturated carbocycles. The Labute approximate surface area is 123 Å². The van der Waals surface area contributed by atoms with Crippen molar-refractivity contribution in [1.82, 2.24) is 0 Å². The molecule has 1 aliphatic heterocycles. The third-order valence-corrected chi connectivity index (χ3v) is 5.31. The summed E-state index contributed by atoms with van der Waals surface area (Å²) in [6.45, 7) is 2.78. The highest BCUT2D eigenvalue weighted by Crippen LogP contribution is 2.39. The molecule has 0 aromatic heterocycles. The zero-order chi connectivity index (χ0) is 13.4. The predicted octanol–water partition coefficient (Wildman–Crippen LogP) is 4.42. The number of halogens is 1. The highest BCUT2D eigenvalue weighted by Gasteiger charge is 2.35. The second-order valence-electron chi connectivity index (χ2n) is 5.81. The Morgan fingerprint density at radius 2 is 2.05 bits per heavy atom. The van der Waals surface area contributed by atoms with E-state index in [4.69, 9.17) is 0 Å². The maximum Gasteiger partial charge on any atom is 0.160 e. The summed E-state index contributed by atoms with van der Waals surface area (Å²) < 4.78 is 0.928. The van der Waals surface area contributed by atoms with Crippen LogP contribution in [0.15, 0.2) is 22.7 Å². The fourth-order valence-corrected chi connectivity index (χ4v) is 4.39. The Bertz CT molecular complexity index is 500. The molecule has 0 spiro atoms. The van der Waals surface area contributed by atoms with Gasteiger partial charge in [0, 0.05) is 28.3 Å². The molecular weight excluding hydrogens is 302 g/mol. The first-order valence-corrected chi connectivity index (χ1v) is 8.03. The number of Topliss-reactive ketones (excluding diaryl/α,β-unsaturated/α-hetero) is 1. The molecule has 1 aliphatic carbocycles. The van der Waals surface area contributed by atoms with Crippen LogP contribution in [0.25, 0.3) is 0 Å². The minimum absolute atomic E-state index is 0.121. The van der Waals surface area contributed by atoms with Gasteiger partial charge < -0.3 is 4.90 Å². The Morgan fingerprint density at radius 3 is 2.79 bits per heavy atom. The van der Waals surface area contributed by atoms with Crippen LogP contribution >= 0.6 is 15.9 Å². The Hall–Kier alpha value is -0.830. The van der Waals surface area contributed by atoms with Crippen molar-refractivity contribution < 1.29 is 4.79 Å². The molecule has 1 saturated heterocycles. The minimum atomic E-state index is 0.121. The van der Waals surface area contributed by atoms with Crippen molar-refractivity contribution in [3.63, 3.8) is 0 Å². The molecular formula is C16H20BrNO. The lowest BCUT2D eigenvalue weighted by atomic mass is 9.91. The van der Waals surface area contributed by atoms with Crippen molar-refractivity contribution >= 4 is 27.4 Å². The molecule has 19 heavy (non-hydrogen) atoms. The quantitative estimate of drug-likeness (QED) is 0.751. The van der Waals surface area contributed by atoms with E-state index in [1.54, 1.807) is 6.92 Å². The zero-order valence-electron chi connectivity index (χ0n) is 11.4. The molecule has 2 fully saturated rings. The molecule has 1 aromatic rings. The fourth-order valence-electron chi connectivity index (χ4n) is 3.74. The van der Waals surface area contributed by atoms with E-state index in [1.807, 2.05) is 6.07 Å². The summed E-state index contributed by atoms with van der Waals surface area (Å²) in [6, 6.07) is 6.92. The van der Waals surface area contributed by atoms with Crippen LogP contribution in [0.1, 0.15) is 49.4 Å². The summed E-state index contributed by atoms with van der Waals surface area (Å²) >= 11 is 3.54. The molecule has 102 valence electrons. The number of fused-ring (bicyclic) bond motifs is 1. The maximum atomic E-state index is 11.5. The van der Waals surface area contributed by atoms with Crippen LogP contribution in [0.5, 0.6) is 0 Å². The third kappa shape index (κ3) is 2.45. The number of anilines is 1. The third-order valence-electron chi connectivity index (χ3n) is 4.66. The van der Waals surface area contributed by atoms with Crippen molar-refractivity contribution in [2.24, 2.45) is 5.92 Å². The molecule has 0 radical (unpaired) electrons. The van der Waals surface area contributed by atoms with Crippen molar-refractivity contribution in [2.75, 3.05) is 11.4 Å². The van der Waals surface area contributed by atoms with Gasteiger partial charge in [0.25, 0.3) is 0 Å². The summed E-state index contributed by atoms with van der Waals surface area (Å²) in [5.41, 5.74) is 2.05. The van der Waals surface area contributed by atoms with E-state index in [-0.39, 0.29) is 5.78 Å². The van der Waals surface area contributed by atoms with E-state index in [2.05, 4.69) is 33.0 Å². The topological polar surface area (TPSA) is 20.3 Å². The number of carbonyl (C=O) groups excluding carboxylic acids is 1. The zero-order valence-corrected chi connectivity index (χ0v) is 12.9. The summed E-state index contributed by atoms with van der Waals surface area (Å²) in [7, 11) is 0. The minimum Gasteiger partial charge on any atom is -0.368 e. The van der Waals surface area contributed by atoms with Gasteiger partial charge in [-0.3, -0.25) is 4.79 Å². The van der Waals surface area contributed by atoms with Crippen molar-refractivity contribution in [2.45, 2.75) is 45.1 Å². The normalized spacial score (nSPS) is 26.3. The van der Waals surface area contributed by atoms with Crippen molar-refractivity contribution in [3.8, 4) is 0 Å². The van der Waals surface area contributed by atoms with Crippen molar-refractivity contribution in [3.05, 3.63) is 28.2 Å². The number of hydrogen-bond donors (Lipinski definition) is 0. The Kier molecular flexibility index (Phi) is 3.66. The van der Waals surface area contributed by atoms with Crippen LogP contribution in [0, 0.1) is 5.92 Å².